The number of anilines is 1. The molecule has 0 saturated carbocycles. The van der Waals surface area contributed by atoms with Gasteiger partial charge in [-0.15, -0.1) is 10.2 Å². The summed E-state index contributed by atoms with van der Waals surface area (Å²) in [5.74, 6) is 0.738. The van der Waals surface area contributed by atoms with Crippen LogP contribution in [-0.4, -0.2) is 38.7 Å². The van der Waals surface area contributed by atoms with E-state index >= 15 is 0 Å². The highest BCUT2D eigenvalue weighted by atomic mass is 32.1. The Labute approximate surface area is 115 Å². The average molecular weight is 280 g/mol. The summed E-state index contributed by atoms with van der Waals surface area (Å²) < 4.78 is 1.93. The fraction of sp³-hybridized carbons (Fsp3) is 0.455. The van der Waals surface area contributed by atoms with Crippen molar-refractivity contribution in [1.82, 2.24) is 25.1 Å². The summed E-state index contributed by atoms with van der Waals surface area (Å²) in [4.78, 5) is 16.0. The Bertz CT molecular complexity index is 549. The van der Waals surface area contributed by atoms with Crippen molar-refractivity contribution in [2.75, 3.05) is 18.4 Å². The minimum Gasteiger partial charge on any atom is -0.360 e. The maximum absolute atomic E-state index is 11.8. The summed E-state index contributed by atoms with van der Waals surface area (Å²) in [5.41, 5.74) is 0. The topological polar surface area (TPSA) is 84.7 Å². The molecule has 0 aliphatic rings. The van der Waals surface area contributed by atoms with Crippen LogP contribution in [0.3, 0.4) is 0 Å². The largest absolute Gasteiger partial charge is 0.360 e. The summed E-state index contributed by atoms with van der Waals surface area (Å²) in [7, 11) is 1.93. The quantitative estimate of drug-likeness (QED) is 0.812. The highest BCUT2D eigenvalue weighted by molar-refractivity contribution is 7.17. The SMILES string of the molecule is CCNc1nnc(C(=O)NCCc2nccn2C)s1. The van der Waals surface area contributed by atoms with E-state index < -0.39 is 0 Å². The van der Waals surface area contributed by atoms with E-state index in [-0.39, 0.29) is 5.91 Å². The molecule has 0 unspecified atom stereocenters. The lowest BCUT2D eigenvalue weighted by atomic mass is 10.4. The molecule has 0 saturated heterocycles. The molecule has 0 radical (unpaired) electrons. The zero-order valence-electron chi connectivity index (χ0n) is 10.9. The Balaban J connectivity index is 1.82. The first kappa shape index (κ1) is 13.5. The Hall–Kier alpha value is -1.96. The van der Waals surface area contributed by atoms with Crippen LogP contribution < -0.4 is 10.6 Å². The van der Waals surface area contributed by atoms with Crippen LogP contribution in [0, 0.1) is 0 Å². The average Bonchev–Trinajstić information content (AvgIpc) is 3.00. The van der Waals surface area contributed by atoms with Crippen LogP contribution in [0.15, 0.2) is 12.4 Å². The van der Waals surface area contributed by atoms with Crippen molar-refractivity contribution in [3.63, 3.8) is 0 Å². The minimum atomic E-state index is -0.198. The number of rotatable bonds is 6. The predicted octanol–water partition coefficient (Wildman–Crippen LogP) is 0.676. The zero-order chi connectivity index (χ0) is 13.7. The van der Waals surface area contributed by atoms with Gasteiger partial charge in [0.15, 0.2) is 0 Å². The molecule has 1 amide bonds. The number of imidazole rings is 1. The van der Waals surface area contributed by atoms with Crippen molar-refractivity contribution in [2.24, 2.45) is 7.05 Å². The number of carbonyl (C=O) groups is 1. The van der Waals surface area contributed by atoms with Gasteiger partial charge in [-0.1, -0.05) is 11.3 Å². The number of hydrogen-bond donors (Lipinski definition) is 2. The molecule has 0 spiro atoms. The van der Waals surface area contributed by atoms with E-state index in [1.54, 1.807) is 6.20 Å². The van der Waals surface area contributed by atoms with Gasteiger partial charge in [0.25, 0.3) is 5.91 Å². The summed E-state index contributed by atoms with van der Waals surface area (Å²) in [6, 6.07) is 0. The molecule has 102 valence electrons. The van der Waals surface area contributed by atoms with Crippen molar-refractivity contribution >= 4 is 22.4 Å². The van der Waals surface area contributed by atoms with Crippen molar-refractivity contribution in [1.29, 1.82) is 0 Å². The second kappa shape index (κ2) is 6.28. The standard InChI is InChI=1S/C11H16N6OS/c1-3-12-11-16-15-10(19-11)9(18)14-5-4-8-13-6-7-17(8)2/h6-7H,3-5H2,1-2H3,(H,12,16)(H,14,18). The molecule has 0 atom stereocenters. The number of aryl methyl sites for hydroxylation is 1. The molecule has 2 heterocycles. The number of aromatic nitrogens is 4. The fourth-order valence-corrected chi connectivity index (χ4v) is 2.27. The van der Waals surface area contributed by atoms with E-state index in [2.05, 4.69) is 25.8 Å². The van der Waals surface area contributed by atoms with E-state index in [1.165, 1.54) is 11.3 Å². The van der Waals surface area contributed by atoms with Gasteiger partial charge in [-0.2, -0.15) is 0 Å². The van der Waals surface area contributed by atoms with Gasteiger partial charge < -0.3 is 15.2 Å². The van der Waals surface area contributed by atoms with Crippen LogP contribution in [0.2, 0.25) is 0 Å². The van der Waals surface area contributed by atoms with Crippen molar-refractivity contribution in [3.05, 3.63) is 23.2 Å². The summed E-state index contributed by atoms with van der Waals surface area (Å²) in [5, 5.41) is 14.6. The van der Waals surface area contributed by atoms with Crippen molar-refractivity contribution in [2.45, 2.75) is 13.3 Å². The van der Waals surface area contributed by atoms with Crippen molar-refractivity contribution < 1.29 is 4.79 Å². The van der Waals surface area contributed by atoms with Gasteiger partial charge >= 0.3 is 0 Å². The van der Waals surface area contributed by atoms with E-state index in [0.29, 0.717) is 23.1 Å². The van der Waals surface area contributed by atoms with Crippen LogP contribution >= 0.6 is 11.3 Å². The van der Waals surface area contributed by atoms with E-state index in [9.17, 15) is 4.79 Å². The molecule has 2 aromatic heterocycles. The van der Waals surface area contributed by atoms with Gasteiger partial charge in [0.2, 0.25) is 10.1 Å². The molecule has 0 aromatic carbocycles. The summed E-state index contributed by atoms with van der Waals surface area (Å²) >= 11 is 1.25. The van der Waals surface area contributed by atoms with E-state index in [4.69, 9.17) is 0 Å². The highest BCUT2D eigenvalue weighted by Gasteiger charge is 2.12. The Kier molecular flexibility index (Phi) is 4.45. The molecule has 0 aliphatic carbocycles. The molecule has 2 rings (SSSR count). The van der Waals surface area contributed by atoms with Crippen LogP contribution in [0.5, 0.6) is 0 Å². The molecule has 0 aliphatic heterocycles. The van der Waals surface area contributed by atoms with Crippen LogP contribution in [0.4, 0.5) is 5.13 Å². The number of nitrogens with one attached hydrogen (secondary N) is 2. The molecular formula is C11H16N6OS. The molecule has 2 N–H and O–H groups in total. The number of nitrogens with zero attached hydrogens (tertiary/aromatic N) is 4. The first-order valence-electron chi connectivity index (χ1n) is 6.02. The molecule has 19 heavy (non-hydrogen) atoms. The van der Waals surface area contributed by atoms with Gasteiger partial charge in [-0.3, -0.25) is 4.79 Å². The van der Waals surface area contributed by atoms with Crippen molar-refractivity contribution in [3.8, 4) is 0 Å². The third-order valence-corrected chi connectivity index (χ3v) is 3.38. The van der Waals surface area contributed by atoms with Gasteiger partial charge in [0, 0.05) is 39.0 Å². The van der Waals surface area contributed by atoms with Gasteiger partial charge in [0.05, 0.1) is 0 Å². The van der Waals surface area contributed by atoms with Gasteiger partial charge in [0.1, 0.15) is 5.82 Å². The van der Waals surface area contributed by atoms with Gasteiger partial charge in [-0.05, 0) is 6.92 Å². The molecule has 0 fully saturated rings. The fourth-order valence-electron chi connectivity index (χ4n) is 1.54. The lowest BCUT2D eigenvalue weighted by molar-refractivity contribution is 0.0953. The lowest BCUT2D eigenvalue weighted by Gasteiger charge is -2.02. The summed E-state index contributed by atoms with van der Waals surface area (Å²) in [6.45, 7) is 3.25. The number of carbonyl (C=O) groups excluding carboxylic acids is 1. The predicted molar refractivity (Wildman–Crippen MR) is 73.3 cm³/mol. The smallest absolute Gasteiger partial charge is 0.282 e. The van der Waals surface area contributed by atoms with Crippen LogP contribution in [0.1, 0.15) is 22.6 Å². The second-order valence-corrected chi connectivity index (χ2v) is 4.88. The molecule has 7 nitrogen and oxygen atoms in total. The first-order valence-corrected chi connectivity index (χ1v) is 6.84. The first-order chi connectivity index (χ1) is 9.20. The molecule has 2 aromatic rings. The third kappa shape index (κ3) is 3.50. The number of hydrogen-bond acceptors (Lipinski definition) is 6. The van der Waals surface area contributed by atoms with E-state index in [1.807, 2.05) is 24.7 Å². The van der Waals surface area contributed by atoms with Gasteiger partial charge in [-0.25, -0.2) is 4.98 Å². The maximum atomic E-state index is 11.8. The Morgan fingerprint density at radius 3 is 3.00 bits per heavy atom. The second-order valence-electron chi connectivity index (χ2n) is 3.90. The van der Waals surface area contributed by atoms with Crippen LogP contribution in [0.25, 0.3) is 0 Å². The molecule has 0 bridgehead atoms. The maximum Gasteiger partial charge on any atom is 0.282 e. The normalized spacial score (nSPS) is 10.4. The highest BCUT2D eigenvalue weighted by Crippen LogP contribution is 2.14. The third-order valence-electron chi connectivity index (χ3n) is 2.50. The number of amides is 1. The Morgan fingerprint density at radius 1 is 1.47 bits per heavy atom. The van der Waals surface area contributed by atoms with Crippen LogP contribution in [-0.2, 0) is 13.5 Å². The molecular weight excluding hydrogens is 264 g/mol. The monoisotopic (exact) mass is 280 g/mol. The minimum absolute atomic E-state index is 0.198. The lowest BCUT2D eigenvalue weighted by Crippen LogP contribution is -2.26. The zero-order valence-corrected chi connectivity index (χ0v) is 11.7. The Morgan fingerprint density at radius 2 is 2.32 bits per heavy atom. The summed E-state index contributed by atoms with van der Waals surface area (Å²) in [6.07, 6.45) is 4.31. The molecule has 8 heteroatoms. The van der Waals surface area contributed by atoms with E-state index in [0.717, 1.165) is 12.4 Å².